The summed E-state index contributed by atoms with van der Waals surface area (Å²) in [7, 11) is 0. The van der Waals surface area contributed by atoms with Crippen LogP contribution in [0, 0.1) is 0 Å². The molecule has 0 aliphatic heterocycles. The van der Waals surface area contributed by atoms with Gasteiger partial charge in [-0.3, -0.25) is 4.79 Å². The number of carboxylic acids is 1. The Labute approximate surface area is 166 Å². The lowest BCUT2D eigenvalue weighted by Crippen LogP contribution is -2.30. The van der Waals surface area contributed by atoms with Gasteiger partial charge < -0.3 is 10.0 Å². The lowest BCUT2D eigenvalue weighted by Gasteiger charge is -2.25. The van der Waals surface area contributed by atoms with Crippen LogP contribution >= 0.6 is 22.9 Å². The third-order valence-corrected chi connectivity index (χ3v) is 5.43. The Balaban J connectivity index is 2.03. The van der Waals surface area contributed by atoms with Gasteiger partial charge in [-0.25, -0.2) is 4.79 Å². The number of para-hydroxylation sites is 1. The van der Waals surface area contributed by atoms with Gasteiger partial charge in [-0.2, -0.15) is 0 Å². The van der Waals surface area contributed by atoms with Crippen LogP contribution in [0.2, 0.25) is 4.34 Å². The van der Waals surface area contributed by atoms with Crippen LogP contribution in [0.1, 0.15) is 38.1 Å². The molecule has 0 aliphatic rings. The summed E-state index contributed by atoms with van der Waals surface area (Å²) in [6.45, 7) is 2.31. The van der Waals surface area contributed by atoms with Crippen molar-refractivity contribution in [3.05, 3.63) is 86.6 Å². The van der Waals surface area contributed by atoms with Crippen LogP contribution in [0.5, 0.6) is 0 Å². The summed E-state index contributed by atoms with van der Waals surface area (Å²) in [5, 5.41) is 9.24. The third-order valence-electron chi connectivity index (χ3n) is 4.21. The number of rotatable bonds is 6. The topological polar surface area (TPSA) is 57.6 Å². The van der Waals surface area contributed by atoms with Gasteiger partial charge >= 0.3 is 5.97 Å². The van der Waals surface area contributed by atoms with E-state index in [0.29, 0.717) is 9.21 Å². The second-order valence-electron chi connectivity index (χ2n) is 5.98. The molecule has 0 unspecified atom stereocenters. The normalized spacial score (nSPS) is 10.6. The van der Waals surface area contributed by atoms with Crippen molar-refractivity contribution in [1.82, 2.24) is 0 Å². The summed E-state index contributed by atoms with van der Waals surface area (Å²) in [6.07, 6.45) is 0.778. The molecule has 1 heterocycles. The zero-order valence-electron chi connectivity index (χ0n) is 14.7. The Morgan fingerprint density at radius 1 is 1.07 bits per heavy atom. The molecule has 3 aromatic rings. The summed E-state index contributed by atoms with van der Waals surface area (Å²) in [5.41, 5.74) is 2.80. The first-order valence-corrected chi connectivity index (χ1v) is 9.66. The number of anilines is 1. The van der Waals surface area contributed by atoms with Gasteiger partial charge in [0.25, 0.3) is 5.91 Å². The average molecular weight is 400 g/mol. The van der Waals surface area contributed by atoms with Crippen LogP contribution in [0.15, 0.2) is 60.7 Å². The van der Waals surface area contributed by atoms with Crippen LogP contribution < -0.4 is 4.90 Å². The minimum atomic E-state index is -0.992. The molecule has 2 aromatic carbocycles. The number of carbonyl (C=O) groups is 2. The second-order valence-corrected chi connectivity index (χ2v) is 7.70. The van der Waals surface area contributed by atoms with Crippen LogP contribution in [-0.4, -0.2) is 17.0 Å². The molecule has 1 aromatic heterocycles. The summed E-state index contributed by atoms with van der Waals surface area (Å²) < 4.78 is 0.551. The lowest BCUT2D eigenvalue weighted by atomic mass is 10.1. The van der Waals surface area contributed by atoms with E-state index in [1.54, 1.807) is 29.2 Å². The summed E-state index contributed by atoms with van der Waals surface area (Å²) in [6, 6.07) is 17.8. The number of aromatic carboxylic acids is 1. The highest BCUT2D eigenvalue weighted by molar-refractivity contribution is 7.18. The predicted octanol–water partition coefficient (Wildman–Crippen LogP) is 5.51. The smallest absolute Gasteiger partial charge is 0.335 e. The maximum atomic E-state index is 13.2. The second kappa shape index (κ2) is 8.37. The SMILES string of the molecule is CCc1ccccc1N(Cc1cccc(C(=O)O)c1)C(=O)c1ccc(Cl)s1. The molecule has 0 spiro atoms. The Kier molecular flexibility index (Phi) is 5.94. The highest BCUT2D eigenvalue weighted by atomic mass is 35.5. The molecule has 3 rings (SSSR count). The largest absolute Gasteiger partial charge is 0.478 e. The monoisotopic (exact) mass is 399 g/mol. The molecule has 0 saturated heterocycles. The minimum Gasteiger partial charge on any atom is -0.478 e. The van der Waals surface area contributed by atoms with Crippen molar-refractivity contribution in [3.8, 4) is 0 Å². The zero-order chi connectivity index (χ0) is 19.4. The number of carbonyl (C=O) groups excluding carboxylic acids is 1. The molecule has 0 radical (unpaired) electrons. The first kappa shape index (κ1) is 19.1. The molecule has 0 saturated carbocycles. The van der Waals surface area contributed by atoms with E-state index in [1.807, 2.05) is 37.3 Å². The van der Waals surface area contributed by atoms with Gasteiger partial charge in [0.15, 0.2) is 0 Å². The van der Waals surface area contributed by atoms with E-state index in [4.69, 9.17) is 11.6 Å². The van der Waals surface area contributed by atoms with Crippen molar-refractivity contribution >= 4 is 40.5 Å². The van der Waals surface area contributed by atoms with Crippen LogP contribution in [0.3, 0.4) is 0 Å². The number of thiophene rings is 1. The number of hydrogen-bond donors (Lipinski definition) is 1. The quantitative estimate of drug-likeness (QED) is 0.594. The number of nitrogens with zero attached hydrogens (tertiary/aromatic N) is 1. The van der Waals surface area contributed by atoms with Crippen LogP contribution in [0.25, 0.3) is 0 Å². The Hall–Kier alpha value is -2.63. The molecule has 27 heavy (non-hydrogen) atoms. The standard InChI is InChI=1S/C21H18ClNO3S/c1-2-15-7-3-4-9-17(15)23(20(24)18-10-11-19(22)27-18)13-14-6-5-8-16(12-14)21(25)26/h3-12H,2,13H2,1H3,(H,25,26). The first-order valence-electron chi connectivity index (χ1n) is 8.47. The fourth-order valence-corrected chi connectivity index (χ4v) is 3.88. The number of amides is 1. The number of aryl methyl sites for hydroxylation is 1. The molecule has 0 atom stereocenters. The molecule has 6 heteroatoms. The van der Waals surface area contributed by atoms with Gasteiger partial charge in [-0.1, -0.05) is 48.9 Å². The highest BCUT2D eigenvalue weighted by Gasteiger charge is 2.22. The maximum absolute atomic E-state index is 13.2. The van der Waals surface area contributed by atoms with Gasteiger partial charge in [0.2, 0.25) is 0 Å². The first-order chi connectivity index (χ1) is 13.0. The lowest BCUT2D eigenvalue weighted by molar-refractivity contribution is 0.0696. The minimum absolute atomic E-state index is 0.159. The summed E-state index contributed by atoms with van der Waals surface area (Å²) >= 11 is 7.24. The van der Waals surface area contributed by atoms with Crippen molar-refractivity contribution in [1.29, 1.82) is 0 Å². The van der Waals surface area contributed by atoms with Crippen molar-refractivity contribution in [2.24, 2.45) is 0 Å². The van der Waals surface area contributed by atoms with E-state index in [9.17, 15) is 14.7 Å². The van der Waals surface area contributed by atoms with Crippen molar-refractivity contribution < 1.29 is 14.7 Å². The van der Waals surface area contributed by atoms with Gasteiger partial charge in [0.05, 0.1) is 21.3 Å². The fourth-order valence-electron chi connectivity index (χ4n) is 2.89. The maximum Gasteiger partial charge on any atom is 0.335 e. The Morgan fingerprint density at radius 2 is 1.85 bits per heavy atom. The predicted molar refractivity (Wildman–Crippen MR) is 109 cm³/mol. The highest BCUT2D eigenvalue weighted by Crippen LogP contribution is 2.29. The van der Waals surface area contributed by atoms with E-state index in [-0.39, 0.29) is 18.0 Å². The van der Waals surface area contributed by atoms with Gasteiger partial charge in [-0.15, -0.1) is 11.3 Å². The Bertz CT molecular complexity index is 983. The van der Waals surface area contributed by atoms with Crippen LogP contribution in [0.4, 0.5) is 5.69 Å². The molecular weight excluding hydrogens is 382 g/mol. The summed E-state index contributed by atoms with van der Waals surface area (Å²) in [5.74, 6) is -1.15. The number of hydrogen-bond acceptors (Lipinski definition) is 3. The molecule has 0 bridgehead atoms. The molecule has 138 valence electrons. The summed E-state index contributed by atoms with van der Waals surface area (Å²) in [4.78, 5) is 26.7. The fraction of sp³-hybridized carbons (Fsp3) is 0.143. The molecule has 0 fully saturated rings. The molecule has 4 nitrogen and oxygen atoms in total. The molecular formula is C21H18ClNO3S. The number of benzene rings is 2. The van der Waals surface area contributed by atoms with E-state index >= 15 is 0 Å². The van der Waals surface area contributed by atoms with Crippen molar-refractivity contribution in [2.45, 2.75) is 19.9 Å². The average Bonchev–Trinajstić information content (AvgIpc) is 3.12. The van der Waals surface area contributed by atoms with Gasteiger partial charge in [0, 0.05) is 5.69 Å². The van der Waals surface area contributed by atoms with Gasteiger partial charge in [-0.05, 0) is 47.9 Å². The van der Waals surface area contributed by atoms with Crippen molar-refractivity contribution in [2.75, 3.05) is 4.90 Å². The molecule has 0 aliphatic carbocycles. The Morgan fingerprint density at radius 3 is 2.52 bits per heavy atom. The van der Waals surface area contributed by atoms with E-state index < -0.39 is 5.97 Å². The number of carboxylic acid groups (broad SMARTS) is 1. The van der Waals surface area contributed by atoms with Gasteiger partial charge in [0.1, 0.15) is 0 Å². The van der Waals surface area contributed by atoms with Crippen LogP contribution in [-0.2, 0) is 13.0 Å². The molecule has 1 N–H and O–H groups in total. The van der Waals surface area contributed by atoms with E-state index in [2.05, 4.69) is 0 Å². The number of halogens is 1. The van der Waals surface area contributed by atoms with E-state index in [0.717, 1.165) is 23.2 Å². The molecule has 1 amide bonds. The zero-order valence-corrected chi connectivity index (χ0v) is 16.3. The van der Waals surface area contributed by atoms with E-state index in [1.165, 1.54) is 17.4 Å². The van der Waals surface area contributed by atoms with Crippen molar-refractivity contribution in [3.63, 3.8) is 0 Å². The third kappa shape index (κ3) is 4.38.